The molecule has 2 atom stereocenters. The Hall–Kier alpha value is -0.860. The first-order valence-electron chi connectivity index (χ1n) is 7.29. The van der Waals surface area contributed by atoms with Gasteiger partial charge in [0.05, 0.1) is 0 Å². The summed E-state index contributed by atoms with van der Waals surface area (Å²) in [6, 6.07) is 9.35. The third-order valence-electron chi connectivity index (χ3n) is 4.11. The van der Waals surface area contributed by atoms with Gasteiger partial charge in [-0.2, -0.15) is 0 Å². The molecule has 2 unspecified atom stereocenters. The van der Waals surface area contributed by atoms with Gasteiger partial charge in [-0.3, -0.25) is 0 Å². The molecule has 0 bridgehead atoms. The highest BCUT2D eigenvalue weighted by Crippen LogP contribution is 2.22. The van der Waals surface area contributed by atoms with Crippen molar-refractivity contribution in [2.75, 3.05) is 0 Å². The van der Waals surface area contributed by atoms with Crippen molar-refractivity contribution >= 4 is 0 Å². The van der Waals surface area contributed by atoms with Crippen LogP contribution in [0.2, 0.25) is 0 Å². The quantitative estimate of drug-likeness (QED) is 0.801. The number of nitrogens with two attached hydrogens (primary N) is 1. The Labute approximate surface area is 111 Å². The molecule has 1 saturated carbocycles. The molecule has 1 aliphatic carbocycles. The number of hydrogen-bond donors (Lipinski definition) is 2. The minimum absolute atomic E-state index is 0.633. The molecule has 1 fully saturated rings. The summed E-state index contributed by atoms with van der Waals surface area (Å²) in [5, 5.41) is 3.70. The third kappa shape index (κ3) is 4.11. The Morgan fingerprint density at radius 3 is 2.50 bits per heavy atom. The lowest BCUT2D eigenvalue weighted by Gasteiger charge is -2.16. The van der Waals surface area contributed by atoms with Gasteiger partial charge >= 0.3 is 0 Å². The summed E-state index contributed by atoms with van der Waals surface area (Å²) in [7, 11) is 0. The lowest BCUT2D eigenvalue weighted by atomic mass is 10.0. The number of nitrogens with one attached hydrogen (secondary N) is 1. The first-order valence-corrected chi connectivity index (χ1v) is 7.29. The zero-order valence-corrected chi connectivity index (χ0v) is 11.5. The van der Waals surface area contributed by atoms with E-state index in [1.807, 2.05) is 0 Å². The lowest BCUT2D eigenvalue weighted by molar-refractivity contribution is 0.447. The summed E-state index contributed by atoms with van der Waals surface area (Å²) in [6.07, 6.45) is 6.84. The van der Waals surface area contributed by atoms with Crippen LogP contribution < -0.4 is 11.1 Å². The van der Waals surface area contributed by atoms with Gasteiger partial charge < -0.3 is 11.1 Å². The van der Waals surface area contributed by atoms with Gasteiger partial charge in [0.15, 0.2) is 0 Å². The zero-order valence-electron chi connectivity index (χ0n) is 11.5. The van der Waals surface area contributed by atoms with Gasteiger partial charge in [0, 0.05) is 19.1 Å². The molecule has 0 saturated heterocycles. The van der Waals surface area contributed by atoms with E-state index in [1.165, 1.54) is 43.2 Å². The molecule has 1 aliphatic rings. The molecule has 3 N–H and O–H groups in total. The second-order valence-electron chi connectivity index (χ2n) is 5.71. The summed E-state index contributed by atoms with van der Waals surface area (Å²) in [5.74, 6) is 0.917. The Balaban J connectivity index is 1.79. The first kappa shape index (κ1) is 13.6. The van der Waals surface area contributed by atoms with Crippen molar-refractivity contribution in [1.29, 1.82) is 0 Å². The van der Waals surface area contributed by atoms with Crippen LogP contribution in [0.3, 0.4) is 0 Å². The molecule has 0 heterocycles. The van der Waals surface area contributed by atoms with Crippen LogP contribution in [0.15, 0.2) is 24.3 Å². The van der Waals surface area contributed by atoms with Crippen LogP contribution >= 0.6 is 0 Å². The topological polar surface area (TPSA) is 38.0 Å². The van der Waals surface area contributed by atoms with Crippen LogP contribution in [-0.2, 0) is 13.1 Å². The largest absolute Gasteiger partial charge is 0.326 e. The van der Waals surface area contributed by atoms with Crippen LogP contribution in [0.25, 0.3) is 0 Å². The minimum Gasteiger partial charge on any atom is -0.326 e. The van der Waals surface area contributed by atoms with E-state index >= 15 is 0 Å². The molecular weight excluding hydrogens is 220 g/mol. The van der Waals surface area contributed by atoms with Crippen LogP contribution in [0, 0.1) is 5.92 Å². The molecule has 0 radical (unpaired) electrons. The second kappa shape index (κ2) is 6.91. The third-order valence-corrected chi connectivity index (χ3v) is 4.11. The summed E-state index contributed by atoms with van der Waals surface area (Å²) in [6.45, 7) is 4.01. The molecule has 1 aromatic rings. The molecule has 2 rings (SSSR count). The number of rotatable bonds is 4. The van der Waals surface area contributed by atoms with E-state index < -0.39 is 0 Å². The van der Waals surface area contributed by atoms with Crippen molar-refractivity contribution < 1.29 is 0 Å². The van der Waals surface area contributed by atoms with E-state index in [9.17, 15) is 0 Å². The molecule has 0 amide bonds. The maximum atomic E-state index is 5.61. The van der Waals surface area contributed by atoms with Crippen molar-refractivity contribution in [1.82, 2.24) is 5.32 Å². The first-order chi connectivity index (χ1) is 8.78. The maximum Gasteiger partial charge on any atom is 0.0208 e. The average molecular weight is 246 g/mol. The SMILES string of the molecule is CC1CCCC(NCc2ccc(CN)cc2)CC1. The van der Waals surface area contributed by atoms with Gasteiger partial charge in [-0.25, -0.2) is 0 Å². The predicted molar refractivity (Wildman–Crippen MR) is 77.2 cm³/mol. The molecule has 2 nitrogen and oxygen atoms in total. The van der Waals surface area contributed by atoms with E-state index in [1.54, 1.807) is 0 Å². The van der Waals surface area contributed by atoms with Crippen LogP contribution in [0.4, 0.5) is 0 Å². The Morgan fingerprint density at radius 2 is 1.78 bits per heavy atom. The summed E-state index contributed by atoms with van der Waals surface area (Å²) in [4.78, 5) is 0. The van der Waals surface area contributed by atoms with Crippen molar-refractivity contribution in [3.05, 3.63) is 35.4 Å². The fourth-order valence-corrected chi connectivity index (χ4v) is 2.75. The Morgan fingerprint density at radius 1 is 1.06 bits per heavy atom. The van der Waals surface area contributed by atoms with Crippen molar-refractivity contribution in [2.24, 2.45) is 11.7 Å². The van der Waals surface area contributed by atoms with E-state index in [4.69, 9.17) is 5.73 Å². The van der Waals surface area contributed by atoms with Crippen LogP contribution in [0.5, 0.6) is 0 Å². The van der Waals surface area contributed by atoms with Gasteiger partial charge in [-0.1, -0.05) is 44.0 Å². The highest BCUT2D eigenvalue weighted by Gasteiger charge is 2.15. The van der Waals surface area contributed by atoms with Gasteiger partial charge in [-0.05, 0) is 36.3 Å². The van der Waals surface area contributed by atoms with Gasteiger partial charge in [-0.15, -0.1) is 0 Å². The van der Waals surface area contributed by atoms with Crippen LogP contribution in [0.1, 0.15) is 50.2 Å². The van der Waals surface area contributed by atoms with Crippen LogP contribution in [-0.4, -0.2) is 6.04 Å². The molecule has 100 valence electrons. The molecule has 1 aromatic carbocycles. The van der Waals surface area contributed by atoms with Crippen molar-refractivity contribution in [3.63, 3.8) is 0 Å². The standard InChI is InChI=1S/C16H26N2/c1-13-3-2-4-16(10-5-13)18-12-15-8-6-14(11-17)7-9-15/h6-9,13,16,18H,2-5,10-12,17H2,1H3. The van der Waals surface area contributed by atoms with E-state index in [0.29, 0.717) is 12.6 Å². The van der Waals surface area contributed by atoms with E-state index in [2.05, 4.69) is 36.5 Å². The van der Waals surface area contributed by atoms with Crippen molar-refractivity contribution in [2.45, 2.75) is 58.2 Å². The predicted octanol–water partition coefficient (Wildman–Crippen LogP) is 3.20. The summed E-state index contributed by atoms with van der Waals surface area (Å²) < 4.78 is 0. The summed E-state index contributed by atoms with van der Waals surface area (Å²) >= 11 is 0. The lowest BCUT2D eigenvalue weighted by Crippen LogP contribution is -2.27. The number of benzene rings is 1. The Bertz CT molecular complexity index is 345. The molecule has 0 aliphatic heterocycles. The van der Waals surface area contributed by atoms with Crippen molar-refractivity contribution in [3.8, 4) is 0 Å². The molecule has 0 spiro atoms. The Kier molecular flexibility index (Phi) is 5.21. The highest BCUT2D eigenvalue weighted by atomic mass is 14.9. The molecule has 2 heteroatoms. The monoisotopic (exact) mass is 246 g/mol. The highest BCUT2D eigenvalue weighted by molar-refractivity contribution is 5.22. The second-order valence-corrected chi connectivity index (χ2v) is 5.71. The number of hydrogen-bond acceptors (Lipinski definition) is 2. The maximum absolute atomic E-state index is 5.61. The normalized spacial score (nSPS) is 24.8. The average Bonchev–Trinajstić information content (AvgIpc) is 2.62. The van der Waals surface area contributed by atoms with E-state index in [-0.39, 0.29) is 0 Å². The summed E-state index contributed by atoms with van der Waals surface area (Å²) in [5.41, 5.74) is 8.18. The van der Waals surface area contributed by atoms with Gasteiger partial charge in [0.2, 0.25) is 0 Å². The smallest absolute Gasteiger partial charge is 0.0208 e. The fourth-order valence-electron chi connectivity index (χ4n) is 2.75. The van der Waals surface area contributed by atoms with E-state index in [0.717, 1.165) is 12.5 Å². The fraction of sp³-hybridized carbons (Fsp3) is 0.625. The zero-order chi connectivity index (χ0) is 12.8. The molecular formula is C16H26N2. The van der Waals surface area contributed by atoms with Gasteiger partial charge in [0.1, 0.15) is 0 Å². The van der Waals surface area contributed by atoms with Gasteiger partial charge in [0.25, 0.3) is 0 Å². The minimum atomic E-state index is 0.633. The molecule has 0 aromatic heterocycles. The molecule has 18 heavy (non-hydrogen) atoms.